The molecule has 0 aliphatic carbocycles. The average Bonchev–Trinajstić information content (AvgIpc) is 1.59. The fourth-order valence-corrected chi connectivity index (χ4v) is 20.1. The lowest BCUT2D eigenvalue weighted by Gasteiger charge is -2.19. The zero-order valence-corrected chi connectivity index (χ0v) is 78.2. The van der Waals surface area contributed by atoms with Gasteiger partial charge in [0.15, 0.2) is 69.3 Å². The van der Waals surface area contributed by atoms with Crippen molar-refractivity contribution in [3.63, 3.8) is 0 Å². The Morgan fingerprint density at radius 3 is 1.10 bits per heavy atom. The van der Waals surface area contributed by atoms with Crippen molar-refractivity contribution in [2.75, 3.05) is 122 Å². The first-order valence-electron chi connectivity index (χ1n) is 39.9. The van der Waals surface area contributed by atoms with Crippen LogP contribution in [0.25, 0.3) is 55.7 Å². The lowest BCUT2D eigenvalue weighted by atomic mass is 10.1. The van der Waals surface area contributed by atoms with Gasteiger partial charge in [0.1, 0.15) is 100.0 Å². The molecule has 16 N–H and O–H groups in total. The van der Waals surface area contributed by atoms with E-state index in [-0.39, 0.29) is 52.3 Å². The van der Waals surface area contributed by atoms with Gasteiger partial charge in [-0.15, -0.1) is 65.9 Å². The van der Waals surface area contributed by atoms with Crippen molar-refractivity contribution in [2.45, 2.75) is 183 Å². The van der Waals surface area contributed by atoms with Crippen LogP contribution < -0.4 is 27.3 Å². The van der Waals surface area contributed by atoms with E-state index in [4.69, 9.17) is 53.9 Å². The number of anilines is 2. The van der Waals surface area contributed by atoms with Gasteiger partial charge >= 0.3 is 0 Å². The monoisotopic (exact) mass is 1860 g/mol. The summed E-state index contributed by atoms with van der Waals surface area (Å²) >= 11 is 10.5. The van der Waals surface area contributed by atoms with Gasteiger partial charge in [0.25, 0.3) is 16.7 Å². The van der Waals surface area contributed by atoms with E-state index in [0.29, 0.717) is 87.3 Å². The largest absolute Gasteiger partial charge is 0.388 e. The normalized spacial score (nSPS) is 27.2. The van der Waals surface area contributed by atoms with Gasteiger partial charge < -0.3 is 105 Å². The van der Waals surface area contributed by atoms with E-state index in [2.05, 4.69) is 163 Å². The van der Waals surface area contributed by atoms with E-state index in [9.17, 15) is 65.4 Å². The molecule has 10 aromatic rings. The molecule has 0 spiro atoms. The van der Waals surface area contributed by atoms with E-state index < -0.39 is 157 Å². The Kier molecular flexibility index (Phi) is 31.4. The fraction of sp³-hybridized carbons (Fsp3) is 0.603. The molecule has 0 amide bonds. The molecule has 39 nitrogen and oxygen atoms in total. The lowest BCUT2D eigenvalue weighted by molar-refractivity contribution is -0.0353. The van der Waals surface area contributed by atoms with Crippen LogP contribution in [0.3, 0.4) is 0 Å². The van der Waals surface area contributed by atoms with E-state index in [0.717, 1.165) is 41.8 Å². The van der Waals surface area contributed by atoms with Gasteiger partial charge in [0, 0.05) is 27.3 Å². The SMILES string of the molecule is C.C=P(C)(C)CCC1O[C@@H](n2ccc3c(=S)nc(C)[nH]c32)[C@H](O)[C@@H]1O.C=P(C)(C)CCC1O[C@@H](n2cnc3c(=O)[nH]c(C)nc32)[C@H](O)[C@@H]1O.C=P(C)(C)CCC1O[C@@H](n2cnc3c(=O)[nH]c(N(C)C)nc32)[C@H](O)[C@@H]1O.C=P(C)(C)CCC1O[C@@H](n2cnc3c(=O)n(C)c(N)nc32)[C@H](O)[C@@H]1O.C=P(C)(C)CCC1O[C@@H](n2cnc3c(=S)nc(C)[nH]c32)[C@H](O)[C@@H]1O. The van der Waals surface area contributed by atoms with E-state index in [1.54, 1.807) is 54.5 Å². The van der Waals surface area contributed by atoms with Gasteiger partial charge in [-0.2, -0.15) is 9.97 Å². The molecule has 124 heavy (non-hydrogen) atoms. The third-order valence-electron chi connectivity index (χ3n) is 21.7. The van der Waals surface area contributed by atoms with Crippen molar-refractivity contribution >= 4 is 158 Å². The predicted molar refractivity (Wildman–Crippen MR) is 503 cm³/mol. The molecular weight excluding hydrogens is 1740 g/mol. The Labute approximate surface area is 728 Å². The molecule has 5 fully saturated rings. The first-order valence-corrected chi connectivity index (χ1v) is 56.0. The predicted octanol–water partition coefficient (Wildman–Crippen LogP) is 3.75. The van der Waals surface area contributed by atoms with E-state index in [1.165, 1.54) is 44.3 Å². The number of hydrogen-bond donors (Lipinski definition) is 15. The van der Waals surface area contributed by atoms with Crippen LogP contribution in [0.4, 0.5) is 11.9 Å². The van der Waals surface area contributed by atoms with Gasteiger partial charge in [-0.3, -0.25) is 42.2 Å². The Balaban J connectivity index is 0.000000162. The highest BCUT2D eigenvalue weighted by Crippen LogP contribution is 2.46. The van der Waals surface area contributed by atoms with Crippen LogP contribution >= 0.6 is 58.9 Å². The van der Waals surface area contributed by atoms with Crippen molar-refractivity contribution < 1.29 is 74.7 Å². The molecule has 5 aliphatic heterocycles. The second-order valence-electron chi connectivity index (χ2n) is 35.8. The molecule has 5 aliphatic rings. The van der Waals surface area contributed by atoms with Crippen LogP contribution in [0, 0.1) is 30.1 Å². The Morgan fingerprint density at radius 1 is 0.419 bits per heavy atom. The third kappa shape index (κ3) is 22.9. The number of rotatable bonds is 21. The highest BCUT2D eigenvalue weighted by Gasteiger charge is 2.49. The van der Waals surface area contributed by atoms with Gasteiger partial charge in [-0.05, 0) is 156 Å². The average molecular weight is 1860 g/mol. The van der Waals surface area contributed by atoms with Gasteiger partial charge in [-0.25, -0.2) is 34.9 Å². The molecule has 0 saturated carbocycles. The fourth-order valence-electron chi connectivity index (χ4n) is 14.8. The Bertz CT molecular complexity index is 5710. The van der Waals surface area contributed by atoms with Crippen LogP contribution in [0.1, 0.15) is 88.1 Å². The maximum Gasteiger partial charge on any atom is 0.282 e. The molecule has 20 atom stereocenters. The lowest BCUT2D eigenvalue weighted by Crippen LogP contribution is -2.32. The number of aromatic amines is 4. The number of aromatic nitrogens is 19. The second kappa shape index (κ2) is 39.2. The molecule has 15 rings (SSSR count). The maximum absolute atomic E-state index is 12.2. The highest BCUT2D eigenvalue weighted by atomic mass is 32.1. The number of hydrogen-bond acceptors (Lipinski definition) is 31. The molecule has 0 radical (unpaired) electrons. The Morgan fingerprint density at radius 2 is 0.726 bits per heavy atom. The topological polar surface area (TPSA) is 538 Å². The minimum Gasteiger partial charge on any atom is -0.388 e. The molecular formula is C78H124N21O18P5S2. The number of ether oxygens (including phenoxy) is 5. The number of nitrogens with zero attached hydrogens (tertiary/aromatic N) is 16. The van der Waals surface area contributed by atoms with Crippen LogP contribution in [0.15, 0.2) is 52.0 Å². The summed E-state index contributed by atoms with van der Waals surface area (Å²) in [7, 11) is 5.03. The summed E-state index contributed by atoms with van der Waals surface area (Å²) < 4.78 is 39.6. The van der Waals surface area contributed by atoms with Crippen molar-refractivity contribution in [1.29, 1.82) is 0 Å². The van der Waals surface area contributed by atoms with Crippen LogP contribution in [-0.4, -0.2) is 378 Å². The van der Waals surface area contributed by atoms with Crippen molar-refractivity contribution in [3.05, 3.63) is 95.4 Å². The summed E-state index contributed by atoms with van der Waals surface area (Å²) in [5.74, 6) is 2.20. The Hall–Kier alpha value is -6.84. The third-order valence-corrected chi connectivity index (χ3v) is 29.6. The number of nitrogen functional groups attached to an aromatic ring is 1. The number of nitrogens with one attached hydrogen (secondary N) is 4. The molecule has 686 valence electrons. The quantitative estimate of drug-likeness (QED) is 0.0360. The standard InChI is InChI=1S/C16H26N5O4P.C16H24N3O3PS.C15H24N5O4P.C15H23N4O4P.C15H23N4O3PS.CH4/c1-20(2)16-18-13-10(14(24)19-16)17-8-21(13)15-12(23)11(22)9(25-15)6-7-26(3,4)5;1-9-17-14-10(15(24)18-9)5-7-19(14)16-13(21)12(20)11(22-16)6-8-23(2,3)4;1-19-13(23)9-12(18-15(19)16)20(7-17-9)14-11(22)10(21)8(24-14)5-6-25(2,3)4;1-8-17-13-10(14(22)18-8)16-7-19(13)15-12(21)11(20)9(23-15)5-6-24(2,3)4;1-8-17-13-10(14(24)18-8)16-7-19(13)15-12(21)11(20)9(22-15)5-6-23(2,3)4;/h8-9,11-12,15,22-23H,3,6-7H2,1-2,4-5H3,(H,18,19,24);5,7,11-13,16,20-21H,2,6,8H2,1,3-4H3,(H,17,18,24);7-8,10-11,14,21-22H,2,5-6H2,1,3-4H3,(H2,16,18);7,9,11-12,15,20-21H,2,5-6H2,1,3-4H3,(H,17,18,22);7,9,11-12,15,20-21H,2,5-6H2,1,3-4H3,(H,17,18,24);1H4/t9?,11-,12-,15-;11?,12-,13-,16-;8?,10-,11-,14-;2*9?,11-,12-,15-;/m11111./s1. The first-order chi connectivity index (χ1) is 57.2. The molecule has 10 aromatic heterocycles. The second-order valence-corrected chi connectivity index (χ2v) is 58.2. The van der Waals surface area contributed by atoms with Gasteiger partial charge in [0.2, 0.25) is 11.9 Å². The molecule has 0 aromatic carbocycles. The molecule has 5 saturated heterocycles. The summed E-state index contributed by atoms with van der Waals surface area (Å²) in [6.07, 6.45) is 19.4. The minimum absolute atomic E-state index is 0. The molecule has 15 heterocycles. The number of fused-ring (bicyclic) bond motifs is 5. The zero-order valence-electron chi connectivity index (χ0n) is 72.1. The van der Waals surface area contributed by atoms with E-state index in [1.807, 2.05) is 13.0 Å². The van der Waals surface area contributed by atoms with Crippen molar-refractivity contribution in [3.8, 4) is 0 Å². The van der Waals surface area contributed by atoms with Crippen LogP contribution in [0.5, 0.6) is 0 Å². The highest BCUT2D eigenvalue weighted by molar-refractivity contribution is 7.73. The maximum atomic E-state index is 12.2. The number of nitrogens with two attached hydrogens (primary N) is 1. The summed E-state index contributed by atoms with van der Waals surface area (Å²) in [6, 6.07) is 1.85. The molecule has 5 unspecified atom stereocenters. The van der Waals surface area contributed by atoms with Gasteiger partial charge in [-0.1, -0.05) is 31.9 Å². The van der Waals surface area contributed by atoms with E-state index >= 15 is 0 Å². The van der Waals surface area contributed by atoms with Crippen molar-refractivity contribution in [1.82, 2.24) is 92.2 Å². The number of imidazole rings is 4. The summed E-state index contributed by atoms with van der Waals surface area (Å²) in [5, 5.41) is 105. The minimum atomic E-state index is -1.27. The number of aryl methyl sites for hydroxylation is 3. The van der Waals surface area contributed by atoms with Crippen molar-refractivity contribution in [2.24, 2.45) is 7.05 Å². The summed E-state index contributed by atoms with van der Waals surface area (Å²) in [4.78, 5) is 87.3. The van der Waals surface area contributed by atoms with Gasteiger partial charge in [0.05, 0.1) is 61.2 Å². The zero-order chi connectivity index (χ0) is 90.7. The van der Waals surface area contributed by atoms with Crippen LogP contribution in [0.2, 0.25) is 0 Å². The summed E-state index contributed by atoms with van der Waals surface area (Å²) in [6.45, 7) is 20.4. The smallest absolute Gasteiger partial charge is 0.282 e. The number of H-pyrrole nitrogens is 4. The first kappa shape index (κ1) is 99.3. The molecule has 46 heteroatoms. The summed E-state index contributed by atoms with van der Waals surface area (Å²) in [5.41, 5.74) is 7.93. The number of aliphatic hydroxyl groups is 10. The van der Waals surface area contributed by atoms with Crippen LogP contribution in [-0.2, 0) is 30.7 Å². The number of aliphatic hydroxyl groups excluding tert-OH is 10. The molecule has 0 bridgehead atoms.